The highest BCUT2D eigenvalue weighted by atomic mass is 32.2. The van der Waals surface area contributed by atoms with Gasteiger partial charge in [0.15, 0.2) is 0 Å². The zero-order valence-corrected chi connectivity index (χ0v) is 12.1. The van der Waals surface area contributed by atoms with Crippen molar-refractivity contribution in [1.82, 2.24) is 9.71 Å². The summed E-state index contributed by atoms with van der Waals surface area (Å²) in [7, 11) is -3.64. The van der Waals surface area contributed by atoms with Gasteiger partial charge in [-0.15, -0.1) is 11.3 Å². The maximum atomic E-state index is 13.1. The van der Waals surface area contributed by atoms with Crippen LogP contribution >= 0.6 is 11.3 Å². The van der Waals surface area contributed by atoms with Crippen LogP contribution in [0.5, 0.6) is 0 Å². The number of nitrogens with zero attached hydrogens (tertiary/aromatic N) is 1. The summed E-state index contributed by atoms with van der Waals surface area (Å²) in [6.45, 7) is 3.56. The molecule has 0 atom stereocenters. The van der Waals surface area contributed by atoms with Crippen molar-refractivity contribution in [2.45, 2.75) is 25.3 Å². The van der Waals surface area contributed by atoms with Crippen molar-refractivity contribution >= 4 is 21.4 Å². The van der Waals surface area contributed by atoms with Gasteiger partial charge in [-0.3, -0.25) is 0 Å². The van der Waals surface area contributed by atoms with Crippen LogP contribution in [0.15, 0.2) is 29.3 Å². The number of nitrogens with one attached hydrogen (secondary N) is 1. The largest absolute Gasteiger partial charge is 0.248 e. The van der Waals surface area contributed by atoms with Gasteiger partial charge in [-0.1, -0.05) is 0 Å². The molecule has 0 spiro atoms. The fourth-order valence-electron chi connectivity index (χ4n) is 1.51. The van der Waals surface area contributed by atoms with Crippen LogP contribution in [0.1, 0.15) is 15.4 Å². The fraction of sp³-hybridized carbons (Fsp3) is 0.250. The summed E-state index contributed by atoms with van der Waals surface area (Å²) in [5, 5.41) is 0.694. The topological polar surface area (TPSA) is 59.1 Å². The lowest BCUT2D eigenvalue weighted by molar-refractivity contribution is 0.579. The zero-order valence-electron chi connectivity index (χ0n) is 10.5. The summed E-state index contributed by atoms with van der Waals surface area (Å²) >= 11 is 1.43. The normalized spacial score (nSPS) is 11.7. The van der Waals surface area contributed by atoms with E-state index in [9.17, 15) is 12.8 Å². The summed E-state index contributed by atoms with van der Waals surface area (Å²) in [5.41, 5.74) is 0.299. The Labute approximate surface area is 115 Å². The van der Waals surface area contributed by atoms with Crippen LogP contribution in [-0.2, 0) is 16.6 Å². The van der Waals surface area contributed by atoms with Crippen LogP contribution in [0.2, 0.25) is 0 Å². The predicted octanol–water partition coefficient (Wildman–Crippen LogP) is 2.38. The molecule has 0 saturated heterocycles. The smallest absolute Gasteiger partial charge is 0.240 e. The molecule has 4 nitrogen and oxygen atoms in total. The second-order valence-electron chi connectivity index (χ2n) is 4.10. The first kappa shape index (κ1) is 14.1. The number of sulfonamides is 1. The van der Waals surface area contributed by atoms with Gasteiger partial charge < -0.3 is 0 Å². The number of aryl methyl sites for hydroxylation is 2. The molecule has 0 radical (unpaired) electrons. The van der Waals surface area contributed by atoms with E-state index >= 15 is 0 Å². The Hall–Kier alpha value is -1.31. The van der Waals surface area contributed by atoms with Crippen molar-refractivity contribution in [3.05, 3.63) is 45.7 Å². The minimum atomic E-state index is -3.64. The molecule has 1 heterocycles. The lowest BCUT2D eigenvalue weighted by Crippen LogP contribution is -2.23. The predicted molar refractivity (Wildman–Crippen MR) is 72.0 cm³/mol. The molecule has 1 N–H and O–H groups in total. The second kappa shape index (κ2) is 5.36. The van der Waals surface area contributed by atoms with Gasteiger partial charge in [0.05, 0.1) is 11.4 Å². The van der Waals surface area contributed by atoms with Gasteiger partial charge in [-0.2, -0.15) is 0 Å². The molecule has 7 heteroatoms. The van der Waals surface area contributed by atoms with Crippen LogP contribution in [0.25, 0.3) is 0 Å². The molecule has 0 saturated carbocycles. The van der Waals surface area contributed by atoms with Gasteiger partial charge in [-0.05, 0) is 37.6 Å². The molecule has 2 rings (SSSR count). The molecule has 0 aliphatic rings. The number of halogens is 1. The van der Waals surface area contributed by atoms with Gasteiger partial charge in [0.2, 0.25) is 10.0 Å². The van der Waals surface area contributed by atoms with Gasteiger partial charge in [-0.25, -0.2) is 22.5 Å². The Morgan fingerprint density at radius 2 is 2.11 bits per heavy atom. The maximum absolute atomic E-state index is 13.1. The van der Waals surface area contributed by atoms with E-state index in [-0.39, 0.29) is 11.4 Å². The molecule has 102 valence electrons. The molecule has 0 aliphatic carbocycles. The number of hydrogen-bond donors (Lipinski definition) is 1. The first-order valence-electron chi connectivity index (χ1n) is 5.55. The first-order chi connectivity index (χ1) is 8.88. The summed E-state index contributed by atoms with van der Waals surface area (Å²) in [5.74, 6) is -0.422. The molecule has 2 aromatic rings. The van der Waals surface area contributed by atoms with Crippen molar-refractivity contribution in [2.24, 2.45) is 0 Å². The monoisotopic (exact) mass is 300 g/mol. The molecule has 1 aromatic heterocycles. The number of benzene rings is 1. The number of hydrogen-bond acceptors (Lipinski definition) is 4. The number of rotatable bonds is 4. The Morgan fingerprint density at radius 1 is 1.37 bits per heavy atom. The molecule has 19 heavy (non-hydrogen) atoms. The lowest BCUT2D eigenvalue weighted by atomic mass is 10.2. The van der Waals surface area contributed by atoms with E-state index in [1.807, 2.05) is 6.92 Å². The van der Waals surface area contributed by atoms with Crippen LogP contribution < -0.4 is 4.72 Å². The number of aromatic nitrogens is 1. The second-order valence-corrected chi connectivity index (χ2v) is 7.19. The summed E-state index contributed by atoms with van der Waals surface area (Å²) in [6, 6.07) is 3.71. The highest BCUT2D eigenvalue weighted by Gasteiger charge is 2.15. The molecule has 0 fully saturated rings. The van der Waals surface area contributed by atoms with E-state index in [4.69, 9.17) is 0 Å². The van der Waals surface area contributed by atoms with E-state index in [1.165, 1.54) is 30.4 Å². The van der Waals surface area contributed by atoms with Gasteiger partial charge in [0, 0.05) is 11.1 Å². The number of thiazole rings is 1. The molecule has 0 amide bonds. The summed E-state index contributed by atoms with van der Waals surface area (Å²) in [6.07, 6.45) is 1.69. The maximum Gasteiger partial charge on any atom is 0.240 e. The van der Waals surface area contributed by atoms with Crippen LogP contribution in [-0.4, -0.2) is 13.4 Å². The van der Waals surface area contributed by atoms with E-state index < -0.39 is 15.8 Å². The van der Waals surface area contributed by atoms with E-state index in [0.29, 0.717) is 10.6 Å². The van der Waals surface area contributed by atoms with Gasteiger partial charge in [0.25, 0.3) is 0 Å². The minimum absolute atomic E-state index is 0.0553. The standard InChI is InChI=1S/C12H13FN2O2S2/c1-8-5-10(3-4-11(8)13)19(16,17)15-7-12-14-6-9(2)18-12/h3-6,15H,7H2,1-2H3. The van der Waals surface area contributed by atoms with Gasteiger partial charge in [0.1, 0.15) is 10.8 Å². The molecular weight excluding hydrogens is 287 g/mol. The molecule has 0 aliphatic heterocycles. The van der Waals surface area contributed by atoms with Crippen molar-refractivity contribution < 1.29 is 12.8 Å². The molecule has 1 aromatic carbocycles. The fourth-order valence-corrected chi connectivity index (χ4v) is 3.40. The average Bonchev–Trinajstić information content (AvgIpc) is 2.76. The average molecular weight is 300 g/mol. The molecular formula is C12H13FN2O2S2. The van der Waals surface area contributed by atoms with E-state index in [0.717, 1.165) is 10.9 Å². The van der Waals surface area contributed by atoms with Crippen LogP contribution in [0.3, 0.4) is 0 Å². The minimum Gasteiger partial charge on any atom is -0.248 e. The van der Waals surface area contributed by atoms with Gasteiger partial charge >= 0.3 is 0 Å². The summed E-state index contributed by atoms with van der Waals surface area (Å²) < 4.78 is 39.6. The Morgan fingerprint density at radius 3 is 2.68 bits per heavy atom. The van der Waals surface area contributed by atoms with Crippen molar-refractivity contribution in [3.63, 3.8) is 0 Å². The molecule has 0 bridgehead atoms. The SMILES string of the molecule is Cc1cnc(CNS(=O)(=O)c2ccc(F)c(C)c2)s1. The highest BCUT2D eigenvalue weighted by Crippen LogP contribution is 2.16. The highest BCUT2D eigenvalue weighted by molar-refractivity contribution is 7.89. The summed E-state index contributed by atoms with van der Waals surface area (Å²) in [4.78, 5) is 5.15. The third-order valence-electron chi connectivity index (χ3n) is 2.52. The third-order valence-corrected chi connectivity index (χ3v) is 4.83. The Balaban J connectivity index is 2.16. The quantitative estimate of drug-likeness (QED) is 0.943. The van der Waals surface area contributed by atoms with Crippen molar-refractivity contribution in [2.75, 3.05) is 0 Å². The Kier molecular flexibility index (Phi) is 3.98. The van der Waals surface area contributed by atoms with Crippen LogP contribution in [0.4, 0.5) is 4.39 Å². The van der Waals surface area contributed by atoms with E-state index in [2.05, 4.69) is 9.71 Å². The van der Waals surface area contributed by atoms with Crippen molar-refractivity contribution in [1.29, 1.82) is 0 Å². The van der Waals surface area contributed by atoms with Crippen molar-refractivity contribution in [3.8, 4) is 0 Å². The zero-order chi connectivity index (χ0) is 14.0. The molecule has 0 unspecified atom stereocenters. The van der Waals surface area contributed by atoms with E-state index in [1.54, 1.807) is 6.20 Å². The Bertz CT molecular complexity index is 696. The van der Waals surface area contributed by atoms with Crippen LogP contribution in [0, 0.1) is 19.7 Å². The third kappa shape index (κ3) is 3.37. The first-order valence-corrected chi connectivity index (χ1v) is 7.85. The lowest BCUT2D eigenvalue weighted by Gasteiger charge is -2.06.